The number of carbonyl (C=O) groups is 1. The van der Waals surface area contributed by atoms with E-state index in [2.05, 4.69) is 37.2 Å². The topological polar surface area (TPSA) is 78.7 Å². The first kappa shape index (κ1) is 21.8. The molecule has 160 valence electrons. The summed E-state index contributed by atoms with van der Waals surface area (Å²) in [5.74, 6) is -0.307. The Morgan fingerprint density at radius 2 is 1.83 bits per heavy atom. The fraction of sp³-hybridized carbons (Fsp3) is 0.435. The molecule has 0 saturated carbocycles. The molecule has 0 aromatic heterocycles. The largest absolute Gasteiger partial charge is 0.366 e. The Kier molecular flexibility index (Phi) is 7.05. The maximum absolute atomic E-state index is 12.7. The number of nitrogens with zero attached hydrogens (tertiary/aromatic N) is 3. The van der Waals surface area contributed by atoms with Gasteiger partial charge in [0.1, 0.15) is 5.69 Å². The number of nitro benzene ring substituents is 1. The number of nitrogens with one attached hydrogen (secondary N) is 1. The summed E-state index contributed by atoms with van der Waals surface area (Å²) in [6.07, 6.45) is 2.07. The summed E-state index contributed by atoms with van der Waals surface area (Å²) in [7, 11) is 2.07. The monoisotopic (exact) mass is 410 g/mol. The SMILES string of the molecule is CC(C)N(C)Cc1ccccc1CNC(=O)c1ccc(N2CCCC2)c([N+](=O)[O-])c1. The molecule has 1 amide bonds. The molecule has 1 aliphatic heterocycles. The normalized spacial score (nSPS) is 13.8. The van der Waals surface area contributed by atoms with Crippen molar-refractivity contribution in [2.75, 3.05) is 25.0 Å². The molecule has 1 N–H and O–H groups in total. The smallest absolute Gasteiger partial charge is 0.293 e. The Balaban J connectivity index is 1.72. The van der Waals surface area contributed by atoms with Crippen LogP contribution in [0, 0.1) is 10.1 Å². The highest BCUT2D eigenvalue weighted by Gasteiger charge is 2.24. The van der Waals surface area contributed by atoms with Crippen LogP contribution in [0.15, 0.2) is 42.5 Å². The molecule has 0 radical (unpaired) electrons. The van der Waals surface area contributed by atoms with Crippen LogP contribution >= 0.6 is 0 Å². The molecule has 0 bridgehead atoms. The third-order valence-electron chi connectivity index (χ3n) is 5.74. The van der Waals surface area contributed by atoms with E-state index in [1.54, 1.807) is 12.1 Å². The summed E-state index contributed by atoms with van der Waals surface area (Å²) in [5, 5.41) is 14.5. The van der Waals surface area contributed by atoms with E-state index in [9.17, 15) is 14.9 Å². The number of anilines is 1. The average Bonchev–Trinajstić information content (AvgIpc) is 3.27. The van der Waals surface area contributed by atoms with Crippen molar-refractivity contribution in [2.24, 2.45) is 0 Å². The molecule has 0 aliphatic carbocycles. The van der Waals surface area contributed by atoms with E-state index in [1.807, 2.05) is 23.1 Å². The number of hydrogen-bond donors (Lipinski definition) is 1. The summed E-state index contributed by atoms with van der Waals surface area (Å²) in [6.45, 7) is 7.08. The average molecular weight is 411 g/mol. The van der Waals surface area contributed by atoms with Gasteiger partial charge >= 0.3 is 0 Å². The minimum absolute atomic E-state index is 0.0106. The number of benzene rings is 2. The van der Waals surface area contributed by atoms with E-state index in [1.165, 1.54) is 6.07 Å². The lowest BCUT2D eigenvalue weighted by atomic mass is 10.1. The maximum atomic E-state index is 12.7. The zero-order valence-corrected chi connectivity index (χ0v) is 17.9. The number of rotatable bonds is 8. The maximum Gasteiger partial charge on any atom is 0.293 e. The number of amides is 1. The summed E-state index contributed by atoms with van der Waals surface area (Å²) in [4.78, 5) is 28.1. The fourth-order valence-electron chi connectivity index (χ4n) is 3.65. The Morgan fingerprint density at radius 1 is 1.17 bits per heavy atom. The lowest BCUT2D eigenvalue weighted by Gasteiger charge is -2.22. The van der Waals surface area contributed by atoms with Crippen molar-refractivity contribution in [3.63, 3.8) is 0 Å². The molecule has 2 aromatic carbocycles. The van der Waals surface area contributed by atoms with Crippen LogP contribution in [-0.2, 0) is 13.1 Å². The quantitative estimate of drug-likeness (QED) is 0.526. The highest BCUT2D eigenvalue weighted by molar-refractivity contribution is 5.95. The van der Waals surface area contributed by atoms with Gasteiger partial charge in [-0.15, -0.1) is 0 Å². The minimum atomic E-state index is -0.401. The number of hydrogen-bond acceptors (Lipinski definition) is 5. The Hall–Kier alpha value is -2.93. The standard InChI is InChI=1S/C23H30N4O3/c1-17(2)25(3)16-20-9-5-4-8-19(20)15-24-23(28)18-10-11-21(22(14-18)27(29)30)26-12-6-7-13-26/h4-5,8-11,14,17H,6-7,12-13,15-16H2,1-3H3,(H,24,28). The third kappa shape index (κ3) is 5.16. The summed E-state index contributed by atoms with van der Waals surface area (Å²) in [6, 6.07) is 13.2. The Morgan fingerprint density at radius 3 is 2.47 bits per heavy atom. The van der Waals surface area contributed by atoms with Gasteiger partial charge in [0.15, 0.2) is 0 Å². The van der Waals surface area contributed by atoms with Crippen LogP contribution in [-0.4, -0.2) is 41.9 Å². The predicted molar refractivity (Wildman–Crippen MR) is 119 cm³/mol. The lowest BCUT2D eigenvalue weighted by Crippen LogP contribution is -2.28. The van der Waals surface area contributed by atoms with Gasteiger partial charge in [-0.1, -0.05) is 24.3 Å². The van der Waals surface area contributed by atoms with Crippen LogP contribution in [0.2, 0.25) is 0 Å². The molecule has 1 heterocycles. The molecule has 3 rings (SSSR count). The van der Waals surface area contributed by atoms with Gasteiger partial charge in [-0.05, 0) is 57.0 Å². The van der Waals surface area contributed by atoms with Crippen molar-refractivity contribution >= 4 is 17.3 Å². The first-order valence-corrected chi connectivity index (χ1v) is 10.5. The molecular formula is C23H30N4O3. The lowest BCUT2D eigenvalue weighted by molar-refractivity contribution is -0.384. The molecule has 0 unspecified atom stereocenters. The van der Waals surface area contributed by atoms with E-state index < -0.39 is 4.92 Å². The van der Waals surface area contributed by atoms with E-state index >= 15 is 0 Å². The Bertz CT molecular complexity index is 907. The highest BCUT2D eigenvalue weighted by Crippen LogP contribution is 2.31. The highest BCUT2D eigenvalue weighted by atomic mass is 16.6. The van der Waals surface area contributed by atoms with Gasteiger partial charge in [-0.25, -0.2) is 0 Å². The second-order valence-electron chi connectivity index (χ2n) is 8.12. The van der Waals surface area contributed by atoms with E-state index in [4.69, 9.17) is 0 Å². The molecule has 1 fully saturated rings. The van der Waals surface area contributed by atoms with E-state index in [0.29, 0.717) is 23.8 Å². The number of nitro groups is 1. The van der Waals surface area contributed by atoms with Crippen LogP contribution in [0.1, 0.15) is 48.2 Å². The molecule has 30 heavy (non-hydrogen) atoms. The van der Waals surface area contributed by atoms with Crippen LogP contribution in [0.4, 0.5) is 11.4 Å². The van der Waals surface area contributed by atoms with Gasteiger partial charge in [-0.2, -0.15) is 0 Å². The molecule has 7 heteroatoms. The predicted octanol–water partition coefficient (Wildman–Crippen LogP) is 3.97. The van der Waals surface area contributed by atoms with Gasteiger partial charge in [-0.3, -0.25) is 19.8 Å². The van der Waals surface area contributed by atoms with Crippen molar-refractivity contribution < 1.29 is 9.72 Å². The van der Waals surface area contributed by atoms with Crippen LogP contribution in [0.5, 0.6) is 0 Å². The first-order chi connectivity index (χ1) is 14.4. The van der Waals surface area contributed by atoms with Crippen LogP contribution in [0.3, 0.4) is 0 Å². The summed E-state index contributed by atoms with van der Waals surface area (Å²) >= 11 is 0. The van der Waals surface area contributed by atoms with E-state index in [0.717, 1.165) is 43.6 Å². The number of carbonyl (C=O) groups excluding carboxylic acids is 1. The molecule has 0 atom stereocenters. The van der Waals surface area contributed by atoms with Crippen LogP contribution in [0.25, 0.3) is 0 Å². The van der Waals surface area contributed by atoms with Crippen molar-refractivity contribution in [2.45, 2.75) is 45.8 Å². The first-order valence-electron chi connectivity index (χ1n) is 10.5. The second kappa shape index (κ2) is 9.71. The zero-order valence-electron chi connectivity index (χ0n) is 17.9. The van der Waals surface area contributed by atoms with E-state index in [-0.39, 0.29) is 11.6 Å². The van der Waals surface area contributed by atoms with Crippen molar-refractivity contribution in [1.82, 2.24) is 10.2 Å². The Labute approximate surface area is 177 Å². The zero-order chi connectivity index (χ0) is 21.7. The summed E-state index contributed by atoms with van der Waals surface area (Å²) in [5.41, 5.74) is 3.09. The van der Waals surface area contributed by atoms with Crippen molar-refractivity contribution in [3.8, 4) is 0 Å². The van der Waals surface area contributed by atoms with Gasteiger partial charge in [0.05, 0.1) is 4.92 Å². The molecule has 2 aromatic rings. The van der Waals surface area contributed by atoms with Crippen molar-refractivity contribution in [1.29, 1.82) is 0 Å². The molecule has 7 nitrogen and oxygen atoms in total. The van der Waals surface area contributed by atoms with Gasteiger partial charge in [0.25, 0.3) is 11.6 Å². The second-order valence-corrected chi connectivity index (χ2v) is 8.12. The molecular weight excluding hydrogens is 380 g/mol. The fourth-order valence-corrected chi connectivity index (χ4v) is 3.65. The molecule has 1 saturated heterocycles. The molecule has 0 spiro atoms. The minimum Gasteiger partial charge on any atom is -0.366 e. The van der Waals surface area contributed by atoms with Gasteiger partial charge in [0.2, 0.25) is 0 Å². The van der Waals surface area contributed by atoms with Crippen LogP contribution < -0.4 is 10.2 Å². The van der Waals surface area contributed by atoms with Gasteiger partial charge < -0.3 is 10.2 Å². The van der Waals surface area contributed by atoms with Crippen molar-refractivity contribution in [3.05, 3.63) is 69.3 Å². The molecule has 1 aliphatic rings. The third-order valence-corrected chi connectivity index (χ3v) is 5.74. The summed E-state index contributed by atoms with van der Waals surface area (Å²) < 4.78 is 0. The van der Waals surface area contributed by atoms with Gasteiger partial charge in [0, 0.05) is 43.9 Å².